The van der Waals surface area contributed by atoms with Crippen molar-refractivity contribution >= 4 is 34.9 Å². The van der Waals surface area contributed by atoms with Gasteiger partial charge in [-0.1, -0.05) is 163 Å². The average molecular weight is 1610 g/mol. The van der Waals surface area contributed by atoms with E-state index in [0.717, 1.165) is 165 Å². The lowest BCUT2D eigenvalue weighted by Crippen LogP contribution is -2.64. The molecule has 5 unspecified atom stereocenters. The first-order valence-corrected chi connectivity index (χ1v) is 45.7. The van der Waals surface area contributed by atoms with Crippen LogP contribution >= 0.6 is 11.8 Å². The summed E-state index contributed by atoms with van der Waals surface area (Å²) in [6, 6.07) is 10.4. The number of allylic oxidation sites excluding steroid dienone is 6. The summed E-state index contributed by atoms with van der Waals surface area (Å²) < 4.78 is 21.4. The van der Waals surface area contributed by atoms with Crippen LogP contribution < -0.4 is 0 Å². The number of nitrogens with zero attached hydrogens (tertiary/aromatic N) is 1. The highest BCUT2D eigenvalue weighted by Gasteiger charge is 2.63. The predicted molar refractivity (Wildman–Crippen MR) is 464 cm³/mol. The van der Waals surface area contributed by atoms with Gasteiger partial charge in [-0.2, -0.15) is 5.06 Å². The molecule has 10 aliphatic carbocycles. The lowest BCUT2D eigenvalue weighted by Gasteiger charge is -2.58. The Balaban J connectivity index is 0.000000170. The number of fused-ring (bicyclic) bond motifs is 5. The molecule has 1 aromatic carbocycles. The van der Waals surface area contributed by atoms with Crippen molar-refractivity contribution < 1.29 is 63.4 Å². The minimum absolute atomic E-state index is 0.000873. The summed E-state index contributed by atoms with van der Waals surface area (Å²) in [4.78, 5) is 56.0. The Bertz CT molecular complexity index is 3390. The lowest BCUT2D eigenvalue weighted by molar-refractivity contribution is -0.324. The van der Waals surface area contributed by atoms with Crippen LogP contribution in [0.4, 0.5) is 0 Å². The van der Waals surface area contributed by atoms with E-state index in [-0.39, 0.29) is 104 Å². The van der Waals surface area contributed by atoms with Crippen molar-refractivity contribution in [2.45, 2.75) is 387 Å². The molecule has 0 bridgehead atoms. The van der Waals surface area contributed by atoms with Crippen LogP contribution in [0.25, 0.3) is 0 Å². The van der Waals surface area contributed by atoms with E-state index >= 15 is 0 Å². The molecule has 14 nitrogen and oxygen atoms in total. The van der Waals surface area contributed by atoms with Gasteiger partial charge in [-0.15, -0.1) is 24.9 Å². The third-order valence-electron chi connectivity index (χ3n) is 32.5. The van der Waals surface area contributed by atoms with Crippen LogP contribution in [0.3, 0.4) is 0 Å². The van der Waals surface area contributed by atoms with Crippen molar-refractivity contribution in [2.75, 3.05) is 26.4 Å². The van der Waals surface area contributed by atoms with Gasteiger partial charge in [0.15, 0.2) is 12.6 Å². The number of carbonyl (C=O) groups is 4. The van der Waals surface area contributed by atoms with Gasteiger partial charge in [0.1, 0.15) is 23.1 Å². The number of piperidine rings is 1. The van der Waals surface area contributed by atoms with E-state index in [1.165, 1.54) is 24.2 Å². The summed E-state index contributed by atoms with van der Waals surface area (Å²) in [6.45, 7) is 63.8. The standard InChI is InChI=1S/C21H37NO3.C18H24O2S.2C15H24O2.2C10H18O2.C10H16/c1-15-17(23)9-13-20(6)12-8-16(14-21(15,20)24)25-22-18(2,3)10-7-11-19(22,4)5;1-13-16(19)9-11-17(2)10-8-15(12-18(13,17)20)21-14-6-4-3-5-7-14;2*1-10(2)12-5-7-14(4)8-6-13(16)11(3)15(14,17)9-12;1-4-10(2,3)6-5-9-11-7-8-12-9;1-4-9(8(2)3)7-10-11-5-6-12-10;1-7-4-5-8-9(6-7)10(8,2)3/h15-16,24H,7-14H2,1-6H3;3-7,13,15,20H,8-12H2,1-2H3;2*11-12,17H,1,5-9H2,2-4H3;4,9H,1,5-8H2,2-3H3;4,8-10H,1,5-7H2,2-3H3;4,8-9H,5-6H2,1-3H3/t15-,16?,20+,21+;13-,15?,17+,18+;2*11-,12?,14+,15+;;;8-,9+/m0000..1/s1. The Hall–Kier alpha value is -3.45. The molecule has 13 aliphatic rings. The molecule has 0 amide bonds. The first-order valence-electron chi connectivity index (χ1n) is 44.8. The maximum Gasteiger partial charge on any atom is 0.158 e. The Labute approximate surface area is 696 Å². The first kappa shape index (κ1) is 96.0. The number of ether oxygens (including phenoxy) is 4. The van der Waals surface area contributed by atoms with E-state index in [2.05, 4.69) is 166 Å². The van der Waals surface area contributed by atoms with Gasteiger partial charge in [0.05, 0.1) is 54.9 Å². The molecule has 4 N–H and O–H groups in total. The largest absolute Gasteiger partial charge is 0.389 e. The highest BCUT2D eigenvalue weighted by molar-refractivity contribution is 8.00. The molecule has 3 aliphatic heterocycles. The number of rotatable bonds is 14. The molecule has 19 atom stereocenters. The number of hydroxylamine groups is 2. The quantitative estimate of drug-likeness (QED) is 0.128. The van der Waals surface area contributed by atoms with E-state index in [4.69, 9.17) is 23.8 Å². The minimum Gasteiger partial charge on any atom is -0.389 e. The second kappa shape index (κ2) is 38.3. The Morgan fingerprint density at radius 2 is 0.974 bits per heavy atom. The summed E-state index contributed by atoms with van der Waals surface area (Å²) in [5, 5.41) is 47.5. The summed E-state index contributed by atoms with van der Waals surface area (Å²) in [6.07, 6.45) is 32.5. The Morgan fingerprint density at radius 3 is 1.37 bits per heavy atom. The highest BCUT2D eigenvalue weighted by atomic mass is 32.2. The lowest BCUT2D eigenvalue weighted by atomic mass is 9.51. The Kier molecular flexibility index (Phi) is 32.3. The topological polar surface area (TPSA) is 199 Å². The van der Waals surface area contributed by atoms with Gasteiger partial charge in [-0.25, -0.2) is 0 Å². The van der Waals surface area contributed by atoms with Crippen LogP contribution in [0, 0.1) is 91.7 Å². The second-order valence-corrected chi connectivity index (χ2v) is 43.7. The van der Waals surface area contributed by atoms with E-state index in [0.29, 0.717) is 79.3 Å². The van der Waals surface area contributed by atoms with Crippen LogP contribution in [0.5, 0.6) is 0 Å². The van der Waals surface area contributed by atoms with Gasteiger partial charge in [0.25, 0.3) is 0 Å². The van der Waals surface area contributed by atoms with E-state index in [1.807, 2.05) is 71.5 Å². The van der Waals surface area contributed by atoms with Gasteiger partial charge >= 0.3 is 0 Å². The molecule has 0 radical (unpaired) electrons. The van der Waals surface area contributed by atoms with Crippen molar-refractivity contribution in [3.63, 3.8) is 0 Å². The van der Waals surface area contributed by atoms with Crippen LogP contribution in [0.15, 0.2) is 96.5 Å². The molecule has 3 heterocycles. The number of aliphatic hydroxyl groups is 4. The smallest absolute Gasteiger partial charge is 0.158 e. The highest BCUT2D eigenvalue weighted by Crippen LogP contribution is 2.65. The molecule has 15 heteroatoms. The zero-order chi connectivity index (χ0) is 84.8. The number of Topliss-reactive ketones (excluding diaryl/α,β-unsaturated/α-hetero) is 4. The Morgan fingerprint density at radius 1 is 0.570 bits per heavy atom. The fraction of sp³-hybridized carbons (Fsp3) is 0.798. The molecule has 12 fully saturated rings. The molecular formula is C99H161NO13S. The maximum atomic E-state index is 12.3. The van der Waals surface area contributed by atoms with Crippen molar-refractivity contribution in [3.8, 4) is 0 Å². The normalized spacial score (nSPS) is 39.0. The van der Waals surface area contributed by atoms with Crippen molar-refractivity contribution in [1.29, 1.82) is 0 Å². The third-order valence-corrected chi connectivity index (χ3v) is 33.8. The summed E-state index contributed by atoms with van der Waals surface area (Å²) in [5.41, 5.74) is 0.987. The SMILES string of the molecule is C=C(C)C1CC[C@]2(C)CCC(=O)[C@H](C)[C@]2(O)C1.C=C(C)C1CC[C@]2(C)CCC(=O)[C@H](C)[C@]2(O)C1.C=CC(C)(C)CCC1OCCO1.C=CC(CC1OCCO1)C(C)C.CC1=CC[C@@H]2[C@H](C1)C2(C)C.C[C@H]1C(=O)CC[C@@]2(C)CCC(ON3C(C)(C)CCCC3(C)C)C[C@@]12O.C[C@H]1C(=O)CC[C@@]2(C)CCC(Sc3ccccc3)C[C@@]12O. The average Bonchev–Trinajstić information content (AvgIpc) is 1.51. The van der Waals surface area contributed by atoms with Crippen molar-refractivity contribution in [2.24, 2.45) is 91.7 Å². The van der Waals surface area contributed by atoms with E-state index < -0.39 is 22.4 Å². The minimum atomic E-state index is -0.935. The van der Waals surface area contributed by atoms with Gasteiger partial charge in [-0.05, 0) is 270 Å². The molecule has 3 saturated heterocycles. The third kappa shape index (κ3) is 21.7. The van der Waals surface area contributed by atoms with Crippen LogP contribution in [-0.4, -0.2) is 132 Å². The predicted octanol–water partition coefficient (Wildman–Crippen LogP) is 22.1. The number of thioether (sulfide) groups is 1. The molecule has 114 heavy (non-hydrogen) atoms. The second-order valence-electron chi connectivity index (χ2n) is 42.3. The molecule has 646 valence electrons. The molecule has 14 rings (SSSR count). The first-order chi connectivity index (χ1) is 53.0. The van der Waals surface area contributed by atoms with Crippen LogP contribution in [-0.2, 0) is 43.0 Å². The fourth-order valence-corrected chi connectivity index (χ4v) is 23.8. The number of hydrogen-bond donors (Lipinski definition) is 4. The van der Waals surface area contributed by atoms with Gasteiger partial charge in [-0.3, -0.25) is 24.0 Å². The monoisotopic (exact) mass is 1600 g/mol. The zero-order valence-corrected chi connectivity index (χ0v) is 76.3. The number of benzene rings is 1. The summed E-state index contributed by atoms with van der Waals surface area (Å²) >= 11 is 1.85. The molecule has 0 spiro atoms. The summed E-state index contributed by atoms with van der Waals surface area (Å²) in [5.74, 6) is 3.88. The molecular weight excluding hydrogens is 1440 g/mol. The van der Waals surface area contributed by atoms with Crippen molar-refractivity contribution in [1.82, 2.24) is 5.06 Å². The molecule has 1 aromatic rings. The number of hydrogen-bond acceptors (Lipinski definition) is 15. The van der Waals surface area contributed by atoms with Gasteiger partial charge < -0.3 is 39.4 Å². The van der Waals surface area contributed by atoms with Crippen LogP contribution in [0.2, 0.25) is 0 Å². The molecule has 0 aromatic heterocycles. The zero-order valence-electron chi connectivity index (χ0n) is 75.5. The summed E-state index contributed by atoms with van der Waals surface area (Å²) in [7, 11) is 0. The number of ketones is 4. The number of carbonyl (C=O) groups excluding carboxylic acids is 4. The van der Waals surface area contributed by atoms with E-state index in [9.17, 15) is 39.6 Å². The van der Waals surface area contributed by atoms with Crippen molar-refractivity contribution in [3.05, 3.63) is 91.6 Å². The van der Waals surface area contributed by atoms with Gasteiger partial charge in [0.2, 0.25) is 0 Å². The molecule has 9 saturated carbocycles. The fourth-order valence-electron chi connectivity index (χ4n) is 22.5. The maximum absolute atomic E-state index is 12.3. The van der Waals surface area contributed by atoms with E-state index in [1.54, 1.807) is 5.57 Å². The van der Waals surface area contributed by atoms with Gasteiger partial charge in [0, 0.05) is 83.4 Å². The van der Waals surface area contributed by atoms with Crippen LogP contribution in [0.1, 0.15) is 325 Å².